The molecular weight excluding hydrogens is 356 g/mol. The number of hydrogen-bond donors (Lipinski definition) is 1. The number of fused-ring (bicyclic) bond motifs is 1. The number of nitrogens with zero attached hydrogens (tertiary/aromatic N) is 3. The Bertz CT molecular complexity index is 1200. The molecule has 3 heterocycles. The van der Waals surface area contributed by atoms with Crippen molar-refractivity contribution in [2.24, 2.45) is 0 Å². The Morgan fingerprint density at radius 2 is 1.93 bits per heavy atom. The van der Waals surface area contributed by atoms with Crippen LogP contribution >= 0.6 is 0 Å². The molecule has 0 spiro atoms. The van der Waals surface area contributed by atoms with Crippen LogP contribution in [-0.2, 0) is 11.3 Å². The number of H-pyrrole nitrogens is 1. The number of pyridine rings is 1. The summed E-state index contributed by atoms with van der Waals surface area (Å²) in [5.74, 6) is -0.453. The maximum Gasteiger partial charge on any atom is 0.358 e. The highest BCUT2D eigenvalue weighted by Crippen LogP contribution is 2.20. The molecule has 4 aromatic rings. The van der Waals surface area contributed by atoms with E-state index >= 15 is 0 Å². The number of carbonyl (C=O) groups is 1. The second-order valence-electron chi connectivity index (χ2n) is 6.53. The highest BCUT2D eigenvalue weighted by Gasteiger charge is 2.15. The van der Waals surface area contributed by atoms with Crippen LogP contribution in [0.1, 0.15) is 28.8 Å². The molecule has 1 aromatic carbocycles. The Morgan fingerprint density at radius 1 is 1.14 bits per heavy atom. The van der Waals surface area contributed by atoms with Crippen LogP contribution in [0.3, 0.4) is 0 Å². The van der Waals surface area contributed by atoms with Gasteiger partial charge in [0.25, 0.3) is 0 Å². The molecule has 0 fully saturated rings. The molecule has 1 N–H and O–H groups in total. The maximum atomic E-state index is 12.2. The minimum Gasteiger partial charge on any atom is -0.461 e. The van der Waals surface area contributed by atoms with Gasteiger partial charge >= 0.3 is 5.97 Å². The highest BCUT2D eigenvalue weighted by molar-refractivity contribution is 5.87. The van der Waals surface area contributed by atoms with Gasteiger partial charge in [0, 0.05) is 17.8 Å². The first-order valence-electron chi connectivity index (χ1n) is 9.07. The number of aryl methyl sites for hydroxylation is 1. The molecule has 0 aliphatic rings. The fraction of sp³-hybridized carbons (Fsp3) is 0.190. The minimum absolute atomic E-state index is 0.0796. The van der Waals surface area contributed by atoms with E-state index in [4.69, 9.17) is 4.74 Å². The van der Waals surface area contributed by atoms with E-state index in [9.17, 15) is 9.59 Å². The molecule has 3 aromatic heterocycles. The second kappa shape index (κ2) is 7.19. The predicted molar refractivity (Wildman–Crippen MR) is 105 cm³/mol. The quantitative estimate of drug-likeness (QED) is 0.543. The number of aromatic amines is 1. The third-order valence-electron chi connectivity index (χ3n) is 4.53. The van der Waals surface area contributed by atoms with Gasteiger partial charge in [0.1, 0.15) is 0 Å². The molecule has 7 nitrogen and oxygen atoms in total. The molecule has 0 aliphatic carbocycles. The highest BCUT2D eigenvalue weighted by atomic mass is 16.5. The molecule has 0 saturated heterocycles. The van der Waals surface area contributed by atoms with E-state index in [1.165, 1.54) is 0 Å². The van der Waals surface area contributed by atoms with Crippen molar-refractivity contribution in [3.8, 4) is 11.3 Å². The lowest BCUT2D eigenvalue weighted by atomic mass is 10.1. The molecule has 0 bridgehead atoms. The summed E-state index contributed by atoms with van der Waals surface area (Å²) in [4.78, 5) is 24.1. The van der Waals surface area contributed by atoms with Gasteiger partial charge < -0.3 is 4.74 Å². The number of ether oxygens (including phenoxy) is 1. The van der Waals surface area contributed by atoms with Gasteiger partial charge in [-0.25, -0.2) is 4.79 Å². The van der Waals surface area contributed by atoms with Gasteiger partial charge in [0.15, 0.2) is 11.1 Å². The summed E-state index contributed by atoms with van der Waals surface area (Å²) < 4.78 is 8.57. The molecule has 0 amide bonds. The summed E-state index contributed by atoms with van der Waals surface area (Å²) in [6.07, 6.45) is 0. The molecule has 0 radical (unpaired) electrons. The van der Waals surface area contributed by atoms with Crippen molar-refractivity contribution in [2.45, 2.75) is 20.4 Å². The Labute approximate surface area is 161 Å². The number of hydrogen-bond acceptors (Lipinski definition) is 4. The zero-order valence-corrected chi connectivity index (χ0v) is 15.7. The summed E-state index contributed by atoms with van der Waals surface area (Å²) in [6, 6.07) is 16.7. The SMILES string of the molecule is CCOC(=O)c1cc(C)n(Cc2cc(=O)cc3cc(-c4ccccc4)[nH]n23)n1. The van der Waals surface area contributed by atoms with Crippen LogP contribution in [0.25, 0.3) is 16.8 Å². The molecule has 0 aliphatic heterocycles. The van der Waals surface area contributed by atoms with E-state index < -0.39 is 5.97 Å². The van der Waals surface area contributed by atoms with E-state index in [0.29, 0.717) is 13.2 Å². The lowest BCUT2D eigenvalue weighted by Gasteiger charge is -2.07. The van der Waals surface area contributed by atoms with Crippen LogP contribution in [0.5, 0.6) is 0 Å². The monoisotopic (exact) mass is 376 g/mol. The van der Waals surface area contributed by atoms with Crippen LogP contribution in [-0.4, -0.2) is 32.0 Å². The van der Waals surface area contributed by atoms with Gasteiger partial charge in [0.05, 0.1) is 30.1 Å². The van der Waals surface area contributed by atoms with Crippen LogP contribution in [0.2, 0.25) is 0 Å². The Hall–Kier alpha value is -3.61. The van der Waals surface area contributed by atoms with Gasteiger partial charge in [-0.15, -0.1) is 0 Å². The van der Waals surface area contributed by atoms with Crippen molar-refractivity contribution >= 4 is 11.5 Å². The van der Waals surface area contributed by atoms with E-state index in [2.05, 4.69) is 10.2 Å². The number of esters is 1. The molecule has 0 atom stereocenters. The molecular formula is C21H20N4O3. The van der Waals surface area contributed by atoms with Crippen molar-refractivity contribution in [2.75, 3.05) is 6.61 Å². The van der Waals surface area contributed by atoms with Crippen molar-refractivity contribution in [3.63, 3.8) is 0 Å². The van der Waals surface area contributed by atoms with Crippen LogP contribution < -0.4 is 5.43 Å². The predicted octanol–water partition coefficient (Wildman–Crippen LogP) is 3.02. The van der Waals surface area contributed by atoms with Gasteiger partial charge in [-0.2, -0.15) is 5.10 Å². The van der Waals surface area contributed by atoms with Crippen LogP contribution in [0.4, 0.5) is 0 Å². The third kappa shape index (κ3) is 3.34. The largest absolute Gasteiger partial charge is 0.461 e. The second-order valence-corrected chi connectivity index (χ2v) is 6.53. The number of rotatable bonds is 5. The Kier molecular flexibility index (Phi) is 4.57. The summed E-state index contributed by atoms with van der Waals surface area (Å²) >= 11 is 0. The van der Waals surface area contributed by atoms with E-state index in [-0.39, 0.29) is 11.1 Å². The molecule has 28 heavy (non-hydrogen) atoms. The van der Waals surface area contributed by atoms with E-state index in [1.54, 1.807) is 29.8 Å². The van der Waals surface area contributed by atoms with Gasteiger partial charge in [-0.1, -0.05) is 30.3 Å². The molecule has 4 rings (SSSR count). The fourth-order valence-corrected chi connectivity index (χ4v) is 3.20. The first-order valence-corrected chi connectivity index (χ1v) is 9.07. The van der Waals surface area contributed by atoms with Gasteiger partial charge in [-0.3, -0.25) is 19.1 Å². The van der Waals surface area contributed by atoms with Crippen molar-refractivity contribution < 1.29 is 9.53 Å². The Morgan fingerprint density at radius 3 is 2.68 bits per heavy atom. The van der Waals surface area contributed by atoms with Crippen molar-refractivity contribution in [1.29, 1.82) is 0 Å². The minimum atomic E-state index is -0.453. The lowest BCUT2D eigenvalue weighted by molar-refractivity contribution is 0.0518. The maximum absolute atomic E-state index is 12.2. The topological polar surface area (TPSA) is 81.4 Å². The Balaban J connectivity index is 1.74. The number of aromatic nitrogens is 4. The molecule has 142 valence electrons. The summed E-state index contributed by atoms with van der Waals surface area (Å²) in [5, 5.41) is 7.68. The van der Waals surface area contributed by atoms with E-state index in [1.807, 2.05) is 47.8 Å². The number of benzene rings is 1. The van der Waals surface area contributed by atoms with Crippen LogP contribution in [0.15, 0.2) is 59.4 Å². The van der Waals surface area contributed by atoms with Crippen molar-refractivity contribution in [3.05, 3.63) is 81.9 Å². The zero-order valence-electron chi connectivity index (χ0n) is 15.7. The van der Waals surface area contributed by atoms with Crippen LogP contribution in [0, 0.1) is 6.92 Å². The molecule has 0 saturated carbocycles. The zero-order chi connectivity index (χ0) is 19.7. The summed E-state index contributed by atoms with van der Waals surface area (Å²) in [5.41, 5.74) is 4.45. The van der Waals surface area contributed by atoms with Gasteiger partial charge in [-0.05, 0) is 31.5 Å². The average molecular weight is 376 g/mol. The first-order chi connectivity index (χ1) is 13.5. The van der Waals surface area contributed by atoms with E-state index in [0.717, 1.165) is 28.2 Å². The number of carbonyl (C=O) groups excluding carboxylic acids is 1. The first kappa shape index (κ1) is 17.8. The fourth-order valence-electron chi connectivity index (χ4n) is 3.20. The average Bonchev–Trinajstić information content (AvgIpc) is 3.27. The summed E-state index contributed by atoms with van der Waals surface area (Å²) in [6.45, 7) is 4.26. The normalized spacial score (nSPS) is 11.1. The lowest BCUT2D eigenvalue weighted by Crippen LogP contribution is -2.13. The van der Waals surface area contributed by atoms with Gasteiger partial charge in [0.2, 0.25) is 0 Å². The summed E-state index contributed by atoms with van der Waals surface area (Å²) in [7, 11) is 0. The van der Waals surface area contributed by atoms with Crippen molar-refractivity contribution in [1.82, 2.24) is 19.4 Å². The number of nitrogens with one attached hydrogen (secondary N) is 1. The standard InChI is InChI=1S/C21H20N4O3/c1-3-28-21(27)20-9-14(2)24(22-20)13-17-11-18(26)10-16-12-19(23-25(16)17)15-7-5-4-6-8-15/h4-12,23H,3,13H2,1-2H3. The smallest absolute Gasteiger partial charge is 0.358 e. The molecule has 0 unspecified atom stereocenters. The third-order valence-corrected chi connectivity index (χ3v) is 4.53. The molecule has 7 heteroatoms.